The summed E-state index contributed by atoms with van der Waals surface area (Å²) < 4.78 is 10.2. The van der Waals surface area contributed by atoms with Gasteiger partial charge in [0.25, 0.3) is 11.8 Å². The summed E-state index contributed by atoms with van der Waals surface area (Å²) in [6.07, 6.45) is 0. The molecule has 0 aliphatic carbocycles. The molecule has 2 amide bonds. The zero-order valence-corrected chi connectivity index (χ0v) is 17.5. The molecule has 2 N–H and O–H groups in total. The van der Waals surface area contributed by atoms with Gasteiger partial charge >= 0.3 is 5.97 Å². The number of methoxy groups -OCH3 is 1. The van der Waals surface area contributed by atoms with Crippen LogP contribution in [0.15, 0.2) is 66.7 Å². The molecule has 0 fully saturated rings. The Morgan fingerprint density at radius 3 is 2.16 bits per heavy atom. The second-order valence-corrected chi connectivity index (χ2v) is 6.86. The zero-order valence-electron chi connectivity index (χ0n) is 16.8. The number of benzene rings is 3. The summed E-state index contributed by atoms with van der Waals surface area (Å²) in [4.78, 5) is 36.6. The van der Waals surface area contributed by atoms with Crippen LogP contribution in [0.25, 0.3) is 0 Å². The number of para-hydroxylation sites is 2. The van der Waals surface area contributed by atoms with Gasteiger partial charge in [0.2, 0.25) is 0 Å². The van der Waals surface area contributed by atoms with Crippen molar-refractivity contribution in [3.05, 3.63) is 82.9 Å². The smallest absolute Gasteiger partial charge is 0.308 e. The fourth-order valence-corrected chi connectivity index (χ4v) is 2.98. The predicted octanol–water partition coefficient (Wildman–Crippen LogP) is 4.78. The maximum atomic E-state index is 12.8. The van der Waals surface area contributed by atoms with Gasteiger partial charge in [0.05, 0.1) is 24.0 Å². The number of halogens is 1. The number of esters is 1. The Labute approximate surface area is 183 Å². The summed E-state index contributed by atoms with van der Waals surface area (Å²) in [5.74, 6) is -0.739. The van der Waals surface area contributed by atoms with Gasteiger partial charge in [-0.15, -0.1) is 0 Å². The zero-order chi connectivity index (χ0) is 22.4. The number of carbonyl (C=O) groups excluding carboxylic acids is 3. The van der Waals surface area contributed by atoms with Crippen LogP contribution in [0.3, 0.4) is 0 Å². The number of carbonyl (C=O) groups is 3. The van der Waals surface area contributed by atoms with E-state index in [4.69, 9.17) is 21.1 Å². The monoisotopic (exact) mass is 438 g/mol. The maximum Gasteiger partial charge on any atom is 0.308 e. The molecule has 7 nitrogen and oxygen atoms in total. The molecule has 0 spiro atoms. The summed E-state index contributed by atoms with van der Waals surface area (Å²) in [5.41, 5.74) is 1.32. The minimum atomic E-state index is -0.484. The Bertz CT molecular complexity index is 1150. The van der Waals surface area contributed by atoms with Crippen molar-refractivity contribution in [3.8, 4) is 11.5 Å². The third kappa shape index (κ3) is 5.61. The van der Waals surface area contributed by atoms with Crippen LogP contribution in [0.5, 0.6) is 11.5 Å². The highest BCUT2D eigenvalue weighted by atomic mass is 35.5. The molecular weight excluding hydrogens is 420 g/mol. The van der Waals surface area contributed by atoms with Crippen molar-refractivity contribution in [1.29, 1.82) is 0 Å². The number of anilines is 2. The van der Waals surface area contributed by atoms with E-state index in [1.54, 1.807) is 54.6 Å². The Balaban J connectivity index is 1.81. The fraction of sp³-hybridized carbons (Fsp3) is 0.0870. The molecule has 31 heavy (non-hydrogen) atoms. The van der Waals surface area contributed by atoms with E-state index in [1.165, 1.54) is 26.2 Å². The lowest BCUT2D eigenvalue weighted by atomic mass is 10.1. The summed E-state index contributed by atoms with van der Waals surface area (Å²) in [5, 5.41) is 5.90. The molecule has 158 valence electrons. The lowest BCUT2D eigenvalue weighted by molar-refractivity contribution is -0.131. The van der Waals surface area contributed by atoms with E-state index in [2.05, 4.69) is 10.6 Å². The quantitative estimate of drug-likeness (QED) is 0.426. The highest BCUT2D eigenvalue weighted by Crippen LogP contribution is 2.27. The molecule has 3 rings (SSSR count). The van der Waals surface area contributed by atoms with Gasteiger partial charge in [-0.2, -0.15) is 0 Å². The van der Waals surface area contributed by atoms with Gasteiger partial charge in [-0.05, 0) is 48.5 Å². The molecule has 3 aromatic carbocycles. The van der Waals surface area contributed by atoms with E-state index < -0.39 is 17.8 Å². The Morgan fingerprint density at radius 2 is 1.52 bits per heavy atom. The van der Waals surface area contributed by atoms with Gasteiger partial charge in [-0.1, -0.05) is 29.8 Å². The highest BCUT2D eigenvalue weighted by Gasteiger charge is 2.16. The molecule has 0 saturated carbocycles. The minimum Gasteiger partial charge on any atom is -0.496 e. The van der Waals surface area contributed by atoms with Gasteiger partial charge in [0.1, 0.15) is 11.5 Å². The number of hydrogen-bond donors (Lipinski definition) is 2. The number of nitrogens with one attached hydrogen (secondary N) is 2. The largest absolute Gasteiger partial charge is 0.496 e. The molecule has 0 heterocycles. The van der Waals surface area contributed by atoms with Gasteiger partial charge < -0.3 is 20.1 Å². The van der Waals surface area contributed by atoms with Crippen LogP contribution in [0, 0.1) is 0 Å². The van der Waals surface area contributed by atoms with E-state index in [-0.39, 0.29) is 16.9 Å². The Hall–Kier alpha value is -3.84. The average molecular weight is 439 g/mol. The van der Waals surface area contributed by atoms with Gasteiger partial charge in [0.15, 0.2) is 0 Å². The minimum absolute atomic E-state index is 0.255. The summed E-state index contributed by atoms with van der Waals surface area (Å²) in [6, 6.07) is 17.7. The summed E-state index contributed by atoms with van der Waals surface area (Å²) >= 11 is 6.01. The van der Waals surface area contributed by atoms with E-state index >= 15 is 0 Å². The van der Waals surface area contributed by atoms with Crippen LogP contribution >= 0.6 is 11.6 Å². The first-order chi connectivity index (χ1) is 14.9. The Morgan fingerprint density at radius 1 is 0.839 bits per heavy atom. The van der Waals surface area contributed by atoms with Crippen molar-refractivity contribution in [2.24, 2.45) is 0 Å². The predicted molar refractivity (Wildman–Crippen MR) is 118 cm³/mol. The van der Waals surface area contributed by atoms with Crippen molar-refractivity contribution in [2.45, 2.75) is 6.92 Å². The molecule has 0 atom stereocenters. The number of hydrogen-bond acceptors (Lipinski definition) is 5. The number of rotatable bonds is 6. The molecule has 0 aromatic heterocycles. The lowest BCUT2D eigenvalue weighted by Crippen LogP contribution is -2.17. The van der Waals surface area contributed by atoms with E-state index in [1.807, 2.05) is 0 Å². The maximum absolute atomic E-state index is 12.8. The van der Waals surface area contributed by atoms with Crippen LogP contribution in [-0.4, -0.2) is 24.9 Å². The first-order valence-electron chi connectivity index (χ1n) is 9.21. The van der Waals surface area contributed by atoms with Crippen molar-refractivity contribution in [3.63, 3.8) is 0 Å². The van der Waals surface area contributed by atoms with Gasteiger partial charge in [0, 0.05) is 17.5 Å². The third-order valence-corrected chi connectivity index (χ3v) is 4.42. The standard InChI is InChI=1S/C23H19ClN2O5/c1-14(27)31-17-7-5-6-15(12-17)22(28)25-19-8-3-4-9-20(19)26-23(29)18-13-16(24)10-11-21(18)30-2/h3-13H,1-2H3,(H,25,28)(H,26,29). The normalized spacial score (nSPS) is 10.2. The van der Waals surface area contributed by atoms with Crippen LogP contribution < -0.4 is 20.1 Å². The van der Waals surface area contributed by atoms with Gasteiger partial charge in [-0.3, -0.25) is 14.4 Å². The topological polar surface area (TPSA) is 93.7 Å². The summed E-state index contributed by atoms with van der Waals surface area (Å²) in [6.45, 7) is 1.28. The second kappa shape index (κ2) is 9.77. The third-order valence-electron chi connectivity index (χ3n) is 4.19. The van der Waals surface area contributed by atoms with Crippen LogP contribution in [0.4, 0.5) is 11.4 Å². The molecule has 0 unspecified atom stereocenters. The SMILES string of the molecule is COc1ccc(Cl)cc1C(=O)Nc1ccccc1NC(=O)c1cccc(OC(C)=O)c1. The van der Waals surface area contributed by atoms with Gasteiger partial charge in [-0.25, -0.2) is 0 Å². The molecule has 0 aliphatic heterocycles. The molecular formula is C23H19ClN2O5. The van der Waals surface area contributed by atoms with E-state index in [0.717, 1.165) is 0 Å². The van der Waals surface area contributed by atoms with Crippen molar-refractivity contribution >= 4 is 40.8 Å². The summed E-state index contributed by atoms with van der Waals surface area (Å²) in [7, 11) is 1.46. The molecule has 3 aromatic rings. The molecule has 8 heteroatoms. The van der Waals surface area contributed by atoms with E-state index in [9.17, 15) is 14.4 Å². The molecule has 0 saturated heterocycles. The van der Waals surface area contributed by atoms with Crippen LogP contribution in [0.2, 0.25) is 5.02 Å². The lowest BCUT2D eigenvalue weighted by Gasteiger charge is -2.14. The molecule has 0 aliphatic rings. The first kappa shape index (κ1) is 21.9. The fourth-order valence-electron chi connectivity index (χ4n) is 2.81. The first-order valence-corrected chi connectivity index (χ1v) is 9.59. The number of ether oxygens (including phenoxy) is 2. The van der Waals surface area contributed by atoms with Crippen LogP contribution in [-0.2, 0) is 4.79 Å². The van der Waals surface area contributed by atoms with Crippen molar-refractivity contribution < 1.29 is 23.9 Å². The molecule has 0 bridgehead atoms. The highest BCUT2D eigenvalue weighted by molar-refractivity contribution is 6.31. The number of amides is 2. The van der Waals surface area contributed by atoms with Crippen LogP contribution in [0.1, 0.15) is 27.6 Å². The van der Waals surface area contributed by atoms with Crippen molar-refractivity contribution in [1.82, 2.24) is 0 Å². The second-order valence-electron chi connectivity index (χ2n) is 6.42. The average Bonchev–Trinajstić information content (AvgIpc) is 2.74. The van der Waals surface area contributed by atoms with Crippen molar-refractivity contribution in [2.75, 3.05) is 17.7 Å². The molecule has 0 radical (unpaired) electrons. The Kier molecular flexibility index (Phi) is 6.89. The van der Waals surface area contributed by atoms with E-state index in [0.29, 0.717) is 22.1 Å².